The minimum Gasteiger partial charge on any atom is -0.284 e. The van der Waals surface area contributed by atoms with Crippen molar-refractivity contribution in [3.63, 3.8) is 0 Å². The SMILES string of the molecule is O=C1C(=O)C(Br)=CC=C1Br. The molecule has 2 nitrogen and oxygen atoms in total. The molecule has 1 aliphatic carbocycles. The van der Waals surface area contributed by atoms with Crippen LogP contribution in [0.1, 0.15) is 0 Å². The van der Waals surface area contributed by atoms with E-state index >= 15 is 0 Å². The summed E-state index contributed by atoms with van der Waals surface area (Å²) in [5, 5.41) is 0. The first-order chi connectivity index (χ1) is 4.63. The van der Waals surface area contributed by atoms with Gasteiger partial charge in [-0.05, 0) is 44.0 Å². The molecule has 0 fully saturated rings. The molecule has 0 N–H and O–H groups in total. The summed E-state index contributed by atoms with van der Waals surface area (Å²) in [4.78, 5) is 21.6. The van der Waals surface area contributed by atoms with Gasteiger partial charge in [0, 0.05) is 0 Å². The molecule has 0 aromatic rings. The van der Waals surface area contributed by atoms with E-state index in [0.717, 1.165) is 0 Å². The van der Waals surface area contributed by atoms with Crippen molar-refractivity contribution in [1.29, 1.82) is 0 Å². The van der Waals surface area contributed by atoms with Crippen LogP contribution in [0.5, 0.6) is 0 Å². The van der Waals surface area contributed by atoms with Crippen LogP contribution in [-0.2, 0) is 9.59 Å². The molecule has 0 aromatic carbocycles. The van der Waals surface area contributed by atoms with Gasteiger partial charge >= 0.3 is 0 Å². The molecule has 0 amide bonds. The van der Waals surface area contributed by atoms with Gasteiger partial charge in [0.25, 0.3) is 0 Å². The predicted molar refractivity (Wildman–Crippen MR) is 44.0 cm³/mol. The highest BCUT2D eigenvalue weighted by Gasteiger charge is 2.22. The van der Waals surface area contributed by atoms with Gasteiger partial charge in [0.15, 0.2) is 0 Å². The number of halogens is 2. The first-order valence-corrected chi connectivity index (χ1v) is 4.03. The van der Waals surface area contributed by atoms with Crippen LogP contribution in [0.2, 0.25) is 0 Å². The fraction of sp³-hybridized carbons (Fsp3) is 0. The van der Waals surface area contributed by atoms with Crippen molar-refractivity contribution in [2.24, 2.45) is 0 Å². The molecule has 4 heteroatoms. The Kier molecular flexibility index (Phi) is 2.21. The third-order valence-electron chi connectivity index (χ3n) is 1.02. The smallest absolute Gasteiger partial charge is 0.241 e. The van der Waals surface area contributed by atoms with Crippen LogP contribution in [-0.4, -0.2) is 11.6 Å². The second-order valence-electron chi connectivity index (χ2n) is 1.69. The van der Waals surface area contributed by atoms with Crippen molar-refractivity contribution in [2.45, 2.75) is 0 Å². The average molecular weight is 266 g/mol. The van der Waals surface area contributed by atoms with Crippen molar-refractivity contribution < 1.29 is 9.59 Å². The van der Waals surface area contributed by atoms with E-state index in [9.17, 15) is 9.59 Å². The maximum absolute atomic E-state index is 10.8. The van der Waals surface area contributed by atoms with Crippen molar-refractivity contribution >= 4 is 43.4 Å². The van der Waals surface area contributed by atoms with E-state index in [-0.39, 0.29) is 0 Å². The van der Waals surface area contributed by atoms with Gasteiger partial charge in [0.2, 0.25) is 11.6 Å². The van der Waals surface area contributed by atoms with Crippen molar-refractivity contribution in [3.05, 3.63) is 21.1 Å². The number of carbonyl (C=O) groups is 2. The lowest BCUT2D eigenvalue weighted by Crippen LogP contribution is -2.15. The van der Waals surface area contributed by atoms with Crippen LogP contribution in [0, 0.1) is 0 Å². The van der Waals surface area contributed by atoms with Crippen molar-refractivity contribution in [3.8, 4) is 0 Å². The maximum Gasteiger partial charge on any atom is 0.241 e. The molecule has 0 aromatic heterocycles. The van der Waals surface area contributed by atoms with Gasteiger partial charge in [0.1, 0.15) is 0 Å². The minimum atomic E-state index is -0.505. The van der Waals surface area contributed by atoms with Crippen LogP contribution in [0.3, 0.4) is 0 Å². The van der Waals surface area contributed by atoms with Gasteiger partial charge in [0.05, 0.1) is 8.96 Å². The zero-order valence-corrected chi connectivity index (χ0v) is 7.90. The van der Waals surface area contributed by atoms with E-state index in [4.69, 9.17) is 0 Å². The van der Waals surface area contributed by atoms with Crippen LogP contribution >= 0.6 is 31.9 Å². The quantitative estimate of drug-likeness (QED) is 0.494. The van der Waals surface area contributed by atoms with Gasteiger partial charge in [-0.2, -0.15) is 0 Å². The lowest BCUT2D eigenvalue weighted by molar-refractivity contribution is -0.131. The van der Waals surface area contributed by atoms with Gasteiger partial charge in [-0.15, -0.1) is 0 Å². The van der Waals surface area contributed by atoms with Gasteiger partial charge < -0.3 is 0 Å². The first kappa shape index (κ1) is 7.88. The molecule has 0 aliphatic heterocycles. The first-order valence-electron chi connectivity index (χ1n) is 2.45. The minimum absolute atomic E-state index is 0.306. The second-order valence-corrected chi connectivity index (χ2v) is 3.40. The lowest BCUT2D eigenvalue weighted by atomic mass is 10.1. The van der Waals surface area contributed by atoms with E-state index < -0.39 is 11.6 Å². The summed E-state index contributed by atoms with van der Waals surface area (Å²) in [7, 11) is 0. The molecule has 1 aliphatic rings. The van der Waals surface area contributed by atoms with Crippen LogP contribution in [0.15, 0.2) is 21.1 Å². The molecule has 0 spiro atoms. The standard InChI is InChI=1S/C6H2Br2O2/c7-3-1-2-4(8)6(10)5(3)9/h1-2H. The molecule has 52 valence electrons. The molecule has 10 heavy (non-hydrogen) atoms. The molecule has 0 radical (unpaired) electrons. The average Bonchev–Trinajstić information content (AvgIpc) is 1.93. The van der Waals surface area contributed by atoms with E-state index in [1.807, 2.05) is 0 Å². The monoisotopic (exact) mass is 264 g/mol. The van der Waals surface area contributed by atoms with Crippen molar-refractivity contribution in [2.75, 3.05) is 0 Å². The molecular formula is C6H2Br2O2. The van der Waals surface area contributed by atoms with E-state index in [1.54, 1.807) is 0 Å². The third kappa shape index (κ3) is 1.27. The molecule has 0 atom stereocenters. The Morgan fingerprint density at radius 3 is 1.50 bits per heavy atom. The Balaban J connectivity index is 3.09. The number of ketones is 2. The fourth-order valence-electron chi connectivity index (χ4n) is 0.515. The Bertz CT molecular complexity index is 227. The zero-order valence-electron chi connectivity index (χ0n) is 4.73. The van der Waals surface area contributed by atoms with E-state index in [1.165, 1.54) is 12.2 Å². The largest absolute Gasteiger partial charge is 0.284 e. The topological polar surface area (TPSA) is 34.1 Å². The molecule has 0 saturated carbocycles. The Labute approximate surface area is 74.2 Å². The Morgan fingerprint density at radius 2 is 1.20 bits per heavy atom. The molecular weight excluding hydrogens is 264 g/mol. The molecule has 0 saturated heterocycles. The second kappa shape index (κ2) is 2.80. The van der Waals surface area contributed by atoms with E-state index in [0.29, 0.717) is 8.96 Å². The van der Waals surface area contributed by atoms with Crippen LogP contribution in [0.25, 0.3) is 0 Å². The Hall–Kier alpha value is -0.220. The predicted octanol–water partition coefficient (Wildman–Crippen LogP) is 1.70. The molecule has 0 heterocycles. The van der Waals surface area contributed by atoms with E-state index in [2.05, 4.69) is 31.9 Å². The zero-order chi connectivity index (χ0) is 7.72. The normalized spacial score (nSPS) is 18.6. The van der Waals surface area contributed by atoms with Crippen LogP contribution in [0.4, 0.5) is 0 Å². The number of allylic oxidation sites excluding steroid dienone is 4. The Morgan fingerprint density at radius 1 is 0.900 bits per heavy atom. The number of hydrogen-bond acceptors (Lipinski definition) is 2. The highest BCUT2D eigenvalue weighted by molar-refractivity contribution is 9.12. The number of hydrogen-bond donors (Lipinski definition) is 0. The highest BCUT2D eigenvalue weighted by Crippen LogP contribution is 2.19. The van der Waals surface area contributed by atoms with Gasteiger partial charge in [-0.3, -0.25) is 9.59 Å². The fourth-order valence-corrected chi connectivity index (χ4v) is 1.14. The number of Topliss-reactive ketones (excluding diaryl/α,β-unsaturated/α-hetero) is 2. The molecule has 0 bridgehead atoms. The summed E-state index contributed by atoms with van der Waals surface area (Å²) >= 11 is 5.89. The number of carbonyl (C=O) groups excluding carboxylic acids is 2. The summed E-state index contributed by atoms with van der Waals surface area (Å²) in [5.41, 5.74) is 0. The van der Waals surface area contributed by atoms with Gasteiger partial charge in [-0.1, -0.05) is 0 Å². The molecule has 1 rings (SSSR count). The third-order valence-corrected chi connectivity index (χ3v) is 2.26. The summed E-state index contributed by atoms with van der Waals surface area (Å²) in [6.45, 7) is 0. The maximum atomic E-state index is 10.8. The summed E-state index contributed by atoms with van der Waals surface area (Å²) in [6, 6.07) is 0. The summed E-state index contributed by atoms with van der Waals surface area (Å²) in [5.74, 6) is -1.01. The molecule has 0 unspecified atom stereocenters. The number of rotatable bonds is 0. The van der Waals surface area contributed by atoms with Crippen LogP contribution < -0.4 is 0 Å². The van der Waals surface area contributed by atoms with Gasteiger partial charge in [-0.25, -0.2) is 0 Å². The van der Waals surface area contributed by atoms with Crippen molar-refractivity contribution in [1.82, 2.24) is 0 Å². The lowest BCUT2D eigenvalue weighted by Gasteiger charge is -2.00. The summed E-state index contributed by atoms with van der Waals surface area (Å²) < 4.78 is 0.612. The summed E-state index contributed by atoms with van der Waals surface area (Å²) in [6.07, 6.45) is 3.07. The highest BCUT2D eigenvalue weighted by atomic mass is 79.9.